The number of hydrogen-bond acceptors (Lipinski definition) is 3. The zero-order chi connectivity index (χ0) is 9.84. The summed E-state index contributed by atoms with van der Waals surface area (Å²) in [5, 5.41) is 8.52. The van der Waals surface area contributed by atoms with Gasteiger partial charge in [0.2, 0.25) is 0 Å². The summed E-state index contributed by atoms with van der Waals surface area (Å²) in [5.74, 6) is -0.135. The summed E-state index contributed by atoms with van der Waals surface area (Å²) in [6, 6.07) is 0.220. The van der Waals surface area contributed by atoms with Crippen LogP contribution >= 0.6 is 0 Å². The first-order chi connectivity index (χ1) is 6.08. The van der Waals surface area contributed by atoms with Gasteiger partial charge in [0, 0.05) is 25.7 Å². The molecule has 1 saturated heterocycles. The molecule has 1 aliphatic heterocycles. The molecule has 4 heteroatoms. The van der Waals surface area contributed by atoms with Crippen molar-refractivity contribution < 1.29 is 9.90 Å². The third-order valence-electron chi connectivity index (χ3n) is 2.41. The van der Waals surface area contributed by atoms with E-state index in [1.165, 1.54) is 0 Å². The van der Waals surface area contributed by atoms with Crippen LogP contribution in [0.1, 0.15) is 19.8 Å². The lowest BCUT2D eigenvalue weighted by Gasteiger charge is -2.34. The average Bonchev–Trinajstić information content (AvgIpc) is 1.99. The van der Waals surface area contributed by atoms with Crippen molar-refractivity contribution in [3.05, 3.63) is 0 Å². The minimum atomic E-state index is -0.730. The van der Waals surface area contributed by atoms with Crippen molar-refractivity contribution in [2.45, 2.75) is 25.8 Å². The summed E-state index contributed by atoms with van der Waals surface area (Å²) in [4.78, 5) is 12.5. The van der Waals surface area contributed by atoms with Gasteiger partial charge in [0.15, 0.2) is 0 Å². The quantitative estimate of drug-likeness (QED) is 0.657. The molecule has 0 aromatic rings. The summed E-state index contributed by atoms with van der Waals surface area (Å²) in [7, 11) is 0. The van der Waals surface area contributed by atoms with Gasteiger partial charge in [-0.3, -0.25) is 4.79 Å². The van der Waals surface area contributed by atoms with Gasteiger partial charge < -0.3 is 15.7 Å². The molecule has 13 heavy (non-hydrogen) atoms. The number of carboxylic acids is 1. The maximum Gasteiger partial charge on any atom is 0.304 e. The Morgan fingerprint density at radius 1 is 1.62 bits per heavy atom. The number of carboxylic acid groups (broad SMARTS) is 1. The third kappa shape index (κ3) is 3.74. The van der Waals surface area contributed by atoms with Crippen molar-refractivity contribution >= 4 is 5.97 Å². The van der Waals surface area contributed by atoms with Gasteiger partial charge in [0.1, 0.15) is 0 Å². The first-order valence-corrected chi connectivity index (χ1v) is 4.77. The highest BCUT2D eigenvalue weighted by Gasteiger charge is 2.21. The normalized spacial score (nSPS) is 30.3. The molecule has 2 unspecified atom stereocenters. The number of carbonyl (C=O) groups is 1. The summed E-state index contributed by atoms with van der Waals surface area (Å²) >= 11 is 0. The highest BCUT2D eigenvalue weighted by Crippen LogP contribution is 2.14. The second-order valence-electron chi connectivity index (χ2n) is 4.00. The molecule has 4 nitrogen and oxygen atoms in total. The van der Waals surface area contributed by atoms with Crippen LogP contribution in [-0.4, -0.2) is 41.7 Å². The zero-order valence-electron chi connectivity index (χ0n) is 8.07. The molecule has 0 aromatic heterocycles. The molecule has 76 valence electrons. The monoisotopic (exact) mass is 186 g/mol. The molecule has 0 amide bonds. The van der Waals surface area contributed by atoms with Crippen LogP contribution in [0.25, 0.3) is 0 Å². The minimum absolute atomic E-state index is 0.220. The van der Waals surface area contributed by atoms with Gasteiger partial charge in [-0.1, -0.05) is 6.92 Å². The second kappa shape index (κ2) is 4.58. The van der Waals surface area contributed by atoms with E-state index in [9.17, 15) is 4.79 Å². The number of hydrogen-bond donors (Lipinski definition) is 2. The predicted molar refractivity (Wildman–Crippen MR) is 50.4 cm³/mol. The predicted octanol–water partition coefficient (Wildman–Crippen LogP) is 0.130. The molecule has 0 spiro atoms. The van der Waals surface area contributed by atoms with E-state index < -0.39 is 5.97 Å². The van der Waals surface area contributed by atoms with Crippen LogP contribution < -0.4 is 5.73 Å². The Bertz CT molecular complexity index is 174. The summed E-state index contributed by atoms with van der Waals surface area (Å²) < 4.78 is 0. The number of likely N-dealkylation sites (tertiary alicyclic amines) is 1. The maximum atomic E-state index is 10.3. The molecule has 0 aliphatic carbocycles. The van der Waals surface area contributed by atoms with Crippen LogP contribution in [0.5, 0.6) is 0 Å². The largest absolute Gasteiger partial charge is 0.481 e. The molecule has 1 aliphatic rings. The molecule has 3 N–H and O–H groups in total. The van der Waals surface area contributed by atoms with Gasteiger partial charge >= 0.3 is 5.97 Å². The van der Waals surface area contributed by atoms with Crippen LogP contribution in [0, 0.1) is 5.92 Å². The Kier molecular flexibility index (Phi) is 3.69. The van der Waals surface area contributed by atoms with Crippen LogP contribution in [0.15, 0.2) is 0 Å². The number of nitrogens with two attached hydrogens (primary N) is 1. The van der Waals surface area contributed by atoms with Crippen molar-refractivity contribution in [1.29, 1.82) is 0 Å². The molecule has 1 heterocycles. The molecule has 1 fully saturated rings. The molecular weight excluding hydrogens is 168 g/mol. The average molecular weight is 186 g/mol. The fraction of sp³-hybridized carbons (Fsp3) is 0.889. The molecular formula is C9H18N2O2. The highest BCUT2D eigenvalue weighted by atomic mass is 16.4. The van der Waals surface area contributed by atoms with Gasteiger partial charge in [-0.05, 0) is 12.3 Å². The van der Waals surface area contributed by atoms with Crippen molar-refractivity contribution in [3.8, 4) is 0 Å². The van der Waals surface area contributed by atoms with Crippen LogP contribution in [0.4, 0.5) is 0 Å². The van der Waals surface area contributed by atoms with E-state index >= 15 is 0 Å². The van der Waals surface area contributed by atoms with E-state index in [4.69, 9.17) is 10.8 Å². The number of aliphatic carboxylic acids is 1. The maximum absolute atomic E-state index is 10.3. The molecule has 0 bridgehead atoms. The lowest BCUT2D eigenvalue weighted by molar-refractivity contribution is -0.137. The van der Waals surface area contributed by atoms with Gasteiger partial charge in [-0.15, -0.1) is 0 Å². The Hall–Kier alpha value is -0.610. The summed E-state index contributed by atoms with van der Waals surface area (Å²) in [6.45, 7) is 4.62. The van der Waals surface area contributed by atoms with E-state index in [0.29, 0.717) is 12.5 Å². The molecule has 0 aromatic carbocycles. The lowest BCUT2D eigenvalue weighted by atomic mass is 9.96. The van der Waals surface area contributed by atoms with E-state index in [-0.39, 0.29) is 12.5 Å². The Morgan fingerprint density at radius 3 is 2.85 bits per heavy atom. The Labute approximate surface area is 78.7 Å². The SMILES string of the molecule is CC1CC(N)CN(CCC(=O)O)C1. The Balaban J connectivity index is 2.28. The molecule has 2 atom stereocenters. The van der Waals surface area contributed by atoms with E-state index in [0.717, 1.165) is 19.5 Å². The van der Waals surface area contributed by atoms with Crippen LogP contribution in [0.2, 0.25) is 0 Å². The number of nitrogens with zero attached hydrogens (tertiary/aromatic N) is 1. The van der Waals surface area contributed by atoms with Crippen molar-refractivity contribution in [2.75, 3.05) is 19.6 Å². The lowest BCUT2D eigenvalue weighted by Crippen LogP contribution is -2.46. The zero-order valence-corrected chi connectivity index (χ0v) is 8.07. The second-order valence-corrected chi connectivity index (χ2v) is 4.00. The van der Waals surface area contributed by atoms with Gasteiger partial charge in [0.05, 0.1) is 6.42 Å². The van der Waals surface area contributed by atoms with Gasteiger partial charge in [-0.2, -0.15) is 0 Å². The van der Waals surface area contributed by atoms with Crippen LogP contribution in [0.3, 0.4) is 0 Å². The molecule has 0 saturated carbocycles. The van der Waals surface area contributed by atoms with Gasteiger partial charge in [-0.25, -0.2) is 0 Å². The topological polar surface area (TPSA) is 66.6 Å². The summed E-state index contributed by atoms with van der Waals surface area (Å²) in [6.07, 6.45) is 1.28. The van der Waals surface area contributed by atoms with Gasteiger partial charge in [0.25, 0.3) is 0 Å². The standard InChI is InChI=1S/C9H18N2O2/c1-7-4-8(10)6-11(5-7)3-2-9(12)13/h7-8H,2-6,10H2,1H3,(H,12,13). The van der Waals surface area contributed by atoms with Crippen molar-refractivity contribution in [1.82, 2.24) is 4.90 Å². The molecule has 1 rings (SSSR count). The van der Waals surface area contributed by atoms with E-state index in [1.54, 1.807) is 0 Å². The van der Waals surface area contributed by atoms with Crippen molar-refractivity contribution in [2.24, 2.45) is 11.7 Å². The fourth-order valence-electron chi connectivity index (χ4n) is 1.95. The third-order valence-corrected chi connectivity index (χ3v) is 2.41. The molecule has 0 radical (unpaired) electrons. The van der Waals surface area contributed by atoms with Crippen molar-refractivity contribution in [3.63, 3.8) is 0 Å². The smallest absolute Gasteiger partial charge is 0.304 e. The first-order valence-electron chi connectivity index (χ1n) is 4.77. The highest BCUT2D eigenvalue weighted by molar-refractivity contribution is 5.66. The Morgan fingerprint density at radius 2 is 2.31 bits per heavy atom. The van der Waals surface area contributed by atoms with Crippen LogP contribution in [-0.2, 0) is 4.79 Å². The minimum Gasteiger partial charge on any atom is -0.481 e. The summed E-state index contributed by atoms with van der Waals surface area (Å²) in [5.41, 5.74) is 5.83. The van der Waals surface area contributed by atoms with E-state index in [2.05, 4.69) is 11.8 Å². The van der Waals surface area contributed by atoms with E-state index in [1.807, 2.05) is 0 Å². The number of rotatable bonds is 3. The first kappa shape index (κ1) is 10.5. The number of piperidine rings is 1. The fourth-order valence-corrected chi connectivity index (χ4v) is 1.95.